The van der Waals surface area contributed by atoms with Crippen LogP contribution in [-0.4, -0.2) is 0 Å². The number of hydrogen-bond acceptors (Lipinski definition) is 0. The molecule has 5 aromatic rings. The lowest BCUT2D eigenvalue weighted by atomic mass is 9.89. The van der Waals surface area contributed by atoms with Crippen molar-refractivity contribution in [3.8, 4) is 0 Å². The summed E-state index contributed by atoms with van der Waals surface area (Å²) in [6, 6.07) is 24.5. The highest BCUT2D eigenvalue weighted by atomic mass is 14.1. The van der Waals surface area contributed by atoms with Crippen molar-refractivity contribution in [2.75, 3.05) is 0 Å². The molecule has 21 heavy (non-hydrogen) atoms. The average molecular weight is 266 g/mol. The highest BCUT2D eigenvalue weighted by Gasteiger charge is 2.12. The van der Waals surface area contributed by atoms with Gasteiger partial charge in [0.25, 0.3) is 0 Å². The van der Waals surface area contributed by atoms with Gasteiger partial charge in [-0.05, 0) is 55.6 Å². The number of benzene rings is 5. The van der Waals surface area contributed by atoms with Gasteiger partial charge in [-0.2, -0.15) is 0 Å². The molecule has 0 nitrogen and oxygen atoms in total. The summed E-state index contributed by atoms with van der Waals surface area (Å²) >= 11 is 0. The highest BCUT2D eigenvalue weighted by Crippen LogP contribution is 2.40. The third kappa shape index (κ3) is 1.34. The molecule has 0 heterocycles. The molecule has 98 valence electrons. The molecular formula is C21H14. The largest absolute Gasteiger partial charge is 0.0610 e. The zero-order chi connectivity index (χ0) is 14.0. The van der Waals surface area contributed by atoms with Crippen LogP contribution in [0.5, 0.6) is 0 Å². The van der Waals surface area contributed by atoms with Crippen molar-refractivity contribution in [3.63, 3.8) is 0 Å². The second-order valence-corrected chi connectivity index (χ2v) is 5.93. The van der Waals surface area contributed by atoms with Crippen LogP contribution in [0.1, 0.15) is 5.56 Å². The van der Waals surface area contributed by atoms with Gasteiger partial charge in [-0.1, -0.05) is 66.7 Å². The molecule has 0 heteroatoms. The van der Waals surface area contributed by atoms with E-state index in [4.69, 9.17) is 0 Å². The Bertz CT molecular complexity index is 1130. The normalized spacial score (nSPS) is 12.0. The van der Waals surface area contributed by atoms with E-state index in [1.165, 1.54) is 48.7 Å². The minimum absolute atomic E-state index is 1.33. The van der Waals surface area contributed by atoms with Crippen molar-refractivity contribution in [1.29, 1.82) is 0 Å². The summed E-state index contributed by atoms with van der Waals surface area (Å²) in [6.45, 7) is 2.18. The summed E-state index contributed by atoms with van der Waals surface area (Å²) in [5.41, 5.74) is 1.33. The van der Waals surface area contributed by atoms with Gasteiger partial charge in [0.15, 0.2) is 0 Å². The first-order chi connectivity index (χ1) is 10.3. The maximum absolute atomic E-state index is 2.33. The molecule has 5 rings (SSSR count). The molecule has 0 aliphatic rings. The van der Waals surface area contributed by atoms with E-state index in [0.717, 1.165) is 0 Å². The van der Waals surface area contributed by atoms with Gasteiger partial charge in [0, 0.05) is 0 Å². The zero-order valence-electron chi connectivity index (χ0n) is 11.9. The predicted octanol–water partition coefficient (Wildman–Crippen LogP) is 6.05. The van der Waals surface area contributed by atoms with E-state index < -0.39 is 0 Å². The minimum atomic E-state index is 1.33. The summed E-state index contributed by atoms with van der Waals surface area (Å²) in [6.07, 6.45) is 0. The summed E-state index contributed by atoms with van der Waals surface area (Å²) in [7, 11) is 0. The van der Waals surface area contributed by atoms with E-state index in [9.17, 15) is 0 Å². The molecule has 0 saturated carbocycles. The van der Waals surface area contributed by atoms with E-state index in [0.29, 0.717) is 0 Å². The molecule has 0 amide bonds. The van der Waals surface area contributed by atoms with Crippen molar-refractivity contribution in [2.45, 2.75) is 6.92 Å². The smallest absolute Gasteiger partial charge is 0.00262 e. The third-order valence-electron chi connectivity index (χ3n) is 4.61. The molecule has 0 bridgehead atoms. The van der Waals surface area contributed by atoms with Crippen LogP contribution in [0.2, 0.25) is 0 Å². The topological polar surface area (TPSA) is 0 Å². The van der Waals surface area contributed by atoms with E-state index in [-0.39, 0.29) is 0 Å². The second-order valence-electron chi connectivity index (χ2n) is 5.93. The molecule has 0 aliphatic heterocycles. The van der Waals surface area contributed by atoms with E-state index in [1.54, 1.807) is 0 Å². The SMILES string of the molecule is Cc1cc2cccc3c4cccc5cccc(c(c1)c23)c54. The third-order valence-corrected chi connectivity index (χ3v) is 4.61. The molecule has 0 unspecified atom stereocenters. The molecule has 5 aromatic carbocycles. The maximum atomic E-state index is 2.33. The molecule has 0 spiro atoms. The summed E-state index contributed by atoms with van der Waals surface area (Å²) in [5, 5.41) is 10.9. The zero-order valence-corrected chi connectivity index (χ0v) is 11.9. The number of aryl methyl sites for hydroxylation is 1. The molecule has 0 atom stereocenters. The van der Waals surface area contributed by atoms with Crippen LogP contribution < -0.4 is 0 Å². The van der Waals surface area contributed by atoms with Crippen LogP contribution in [0.3, 0.4) is 0 Å². The lowest BCUT2D eigenvalue weighted by Gasteiger charge is -2.14. The van der Waals surface area contributed by atoms with Crippen molar-refractivity contribution >= 4 is 43.1 Å². The van der Waals surface area contributed by atoms with Crippen LogP contribution in [0.15, 0.2) is 66.7 Å². The lowest BCUT2D eigenvalue weighted by Crippen LogP contribution is -1.87. The van der Waals surface area contributed by atoms with Crippen LogP contribution >= 0.6 is 0 Å². The molecular weight excluding hydrogens is 252 g/mol. The van der Waals surface area contributed by atoms with Crippen molar-refractivity contribution in [2.24, 2.45) is 0 Å². The Labute approximate surface area is 123 Å². The minimum Gasteiger partial charge on any atom is -0.0610 e. The van der Waals surface area contributed by atoms with Crippen LogP contribution in [0, 0.1) is 6.92 Å². The highest BCUT2D eigenvalue weighted by molar-refractivity contribution is 6.32. The number of hydrogen-bond donors (Lipinski definition) is 0. The Morgan fingerprint density at radius 1 is 0.524 bits per heavy atom. The Hall–Kier alpha value is -2.60. The molecule has 0 aliphatic carbocycles. The van der Waals surface area contributed by atoms with Crippen molar-refractivity contribution in [3.05, 3.63) is 72.3 Å². The van der Waals surface area contributed by atoms with Crippen molar-refractivity contribution in [1.82, 2.24) is 0 Å². The Balaban J connectivity index is 2.29. The fourth-order valence-corrected chi connectivity index (χ4v) is 3.80. The second kappa shape index (κ2) is 3.73. The fraction of sp³-hybridized carbons (Fsp3) is 0.0476. The standard InChI is InChI=1S/C21H14/c1-13-11-15-7-4-9-17-16-8-2-5-14-6-3-10-18(20(14)16)19(12-13)21(15)17/h2-12H,1H3. The quantitative estimate of drug-likeness (QED) is 0.236. The van der Waals surface area contributed by atoms with E-state index in [1.807, 2.05) is 0 Å². The summed E-state index contributed by atoms with van der Waals surface area (Å²) in [5.74, 6) is 0. The molecule has 0 saturated heterocycles. The number of rotatable bonds is 0. The van der Waals surface area contributed by atoms with Gasteiger partial charge in [-0.15, -0.1) is 0 Å². The first-order valence-corrected chi connectivity index (χ1v) is 7.39. The van der Waals surface area contributed by atoms with Gasteiger partial charge in [-0.25, -0.2) is 0 Å². The molecule has 0 aromatic heterocycles. The van der Waals surface area contributed by atoms with Crippen LogP contribution in [-0.2, 0) is 0 Å². The van der Waals surface area contributed by atoms with E-state index >= 15 is 0 Å². The van der Waals surface area contributed by atoms with E-state index in [2.05, 4.69) is 73.7 Å². The van der Waals surface area contributed by atoms with Gasteiger partial charge in [0.1, 0.15) is 0 Å². The van der Waals surface area contributed by atoms with Crippen LogP contribution in [0.4, 0.5) is 0 Å². The maximum Gasteiger partial charge on any atom is -0.00262 e. The van der Waals surface area contributed by atoms with Gasteiger partial charge < -0.3 is 0 Å². The lowest BCUT2D eigenvalue weighted by molar-refractivity contribution is 1.53. The Morgan fingerprint density at radius 3 is 1.71 bits per heavy atom. The Kier molecular flexibility index (Phi) is 1.97. The molecule has 0 N–H and O–H groups in total. The van der Waals surface area contributed by atoms with Gasteiger partial charge >= 0.3 is 0 Å². The van der Waals surface area contributed by atoms with Crippen molar-refractivity contribution < 1.29 is 0 Å². The first-order valence-electron chi connectivity index (χ1n) is 7.39. The van der Waals surface area contributed by atoms with Crippen LogP contribution in [0.25, 0.3) is 43.1 Å². The summed E-state index contributed by atoms with van der Waals surface area (Å²) in [4.78, 5) is 0. The van der Waals surface area contributed by atoms with Gasteiger partial charge in [0.2, 0.25) is 0 Å². The number of fused-ring (bicyclic) bond motifs is 2. The summed E-state index contributed by atoms with van der Waals surface area (Å²) < 4.78 is 0. The van der Waals surface area contributed by atoms with Gasteiger partial charge in [-0.3, -0.25) is 0 Å². The fourth-order valence-electron chi connectivity index (χ4n) is 3.80. The Morgan fingerprint density at radius 2 is 1.05 bits per heavy atom. The van der Waals surface area contributed by atoms with Gasteiger partial charge in [0.05, 0.1) is 0 Å². The predicted molar refractivity (Wildman–Crippen MR) is 92.4 cm³/mol. The first kappa shape index (κ1) is 11.1. The molecule has 0 radical (unpaired) electrons. The average Bonchev–Trinajstić information content (AvgIpc) is 2.51. The molecule has 0 fully saturated rings. The monoisotopic (exact) mass is 266 g/mol.